The average molecular weight is 198 g/mol. The molecule has 0 aromatic heterocycles. The van der Waals surface area contributed by atoms with Crippen molar-refractivity contribution in [1.82, 2.24) is 0 Å². The number of carbonyl (C=O) groups excluding carboxylic acids is 1. The Balaban J connectivity index is 2.54. The van der Waals surface area contributed by atoms with Gasteiger partial charge in [0, 0.05) is 6.61 Å². The summed E-state index contributed by atoms with van der Waals surface area (Å²) in [4.78, 5) is 11.7. The number of hydrogen-bond donors (Lipinski definition) is 0. The highest BCUT2D eigenvalue weighted by molar-refractivity contribution is 5.76. The quantitative estimate of drug-likeness (QED) is 0.513. The lowest BCUT2D eigenvalue weighted by Crippen LogP contribution is -2.39. The first-order chi connectivity index (χ1) is 6.58. The number of esters is 1. The first-order valence-corrected chi connectivity index (χ1v) is 4.98. The Bertz CT molecular complexity index is 225. The largest absolute Gasteiger partial charge is 0.461 e. The lowest BCUT2D eigenvalue weighted by atomic mass is 9.80. The zero-order valence-electron chi connectivity index (χ0n) is 8.91. The van der Waals surface area contributed by atoms with Gasteiger partial charge in [-0.1, -0.05) is 12.7 Å². The number of ether oxygens (including phenoxy) is 2. The zero-order valence-corrected chi connectivity index (χ0v) is 8.91. The van der Waals surface area contributed by atoms with E-state index in [1.54, 1.807) is 6.08 Å². The fourth-order valence-electron chi connectivity index (χ4n) is 1.78. The number of hydrogen-bond acceptors (Lipinski definition) is 3. The van der Waals surface area contributed by atoms with Gasteiger partial charge in [-0.2, -0.15) is 0 Å². The fraction of sp³-hybridized carbons (Fsp3) is 0.727. The van der Waals surface area contributed by atoms with Gasteiger partial charge in [0.25, 0.3) is 0 Å². The maximum Gasteiger partial charge on any atom is 0.312 e. The monoisotopic (exact) mass is 198 g/mol. The molecule has 80 valence electrons. The summed E-state index contributed by atoms with van der Waals surface area (Å²) in [5, 5.41) is 0. The number of rotatable bonds is 3. The van der Waals surface area contributed by atoms with E-state index in [2.05, 4.69) is 6.58 Å². The summed E-state index contributed by atoms with van der Waals surface area (Å²) < 4.78 is 10.5. The molecule has 1 fully saturated rings. The molecule has 1 heterocycles. The van der Waals surface area contributed by atoms with Crippen LogP contribution in [0.2, 0.25) is 0 Å². The molecular formula is C11H18O3. The first kappa shape index (κ1) is 11.2. The van der Waals surface area contributed by atoms with Crippen LogP contribution < -0.4 is 0 Å². The Kier molecular flexibility index (Phi) is 3.69. The molecule has 0 spiro atoms. The molecule has 0 bridgehead atoms. The Morgan fingerprint density at radius 1 is 1.79 bits per heavy atom. The van der Waals surface area contributed by atoms with Crippen LogP contribution in [0, 0.1) is 5.41 Å². The summed E-state index contributed by atoms with van der Waals surface area (Å²) in [5.74, 6) is -0.132. The van der Waals surface area contributed by atoms with Gasteiger partial charge in [0.15, 0.2) is 0 Å². The molecule has 3 nitrogen and oxygen atoms in total. The van der Waals surface area contributed by atoms with Gasteiger partial charge in [-0.15, -0.1) is 0 Å². The van der Waals surface area contributed by atoms with Gasteiger partial charge in [-0.25, -0.2) is 0 Å². The second-order valence-electron chi connectivity index (χ2n) is 4.08. The van der Waals surface area contributed by atoms with Crippen LogP contribution in [-0.4, -0.2) is 25.3 Å². The summed E-state index contributed by atoms with van der Waals surface area (Å²) in [5.41, 5.74) is -0.374. The molecular weight excluding hydrogens is 180 g/mol. The lowest BCUT2D eigenvalue weighted by molar-refractivity contribution is -0.162. The van der Waals surface area contributed by atoms with Crippen LogP contribution in [0.4, 0.5) is 0 Å². The molecule has 1 aliphatic rings. The van der Waals surface area contributed by atoms with Gasteiger partial charge in [0.2, 0.25) is 0 Å². The van der Waals surface area contributed by atoms with E-state index < -0.39 is 0 Å². The third-order valence-electron chi connectivity index (χ3n) is 2.62. The summed E-state index contributed by atoms with van der Waals surface area (Å²) in [6, 6.07) is 0. The molecule has 0 saturated carbocycles. The normalized spacial score (nSPS) is 32.3. The number of carbonyl (C=O) groups is 1. The highest BCUT2D eigenvalue weighted by Gasteiger charge is 2.39. The summed E-state index contributed by atoms with van der Waals surface area (Å²) in [6.45, 7) is 8.37. The van der Waals surface area contributed by atoms with E-state index in [0.29, 0.717) is 13.2 Å². The predicted molar refractivity (Wildman–Crippen MR) is 53.9 cm³/mol. The average Bonchev–Trinajstić information content (AvgIpc) is 2.13. The van der Waals surface area contributed by atoms with E-state index in [-0.39, 0.29) is 17.5 Å². The van der Waals surface area contributed by atoms with E-state index in [1.165, 1.54) is 0 Å². The molecule has 0 aromatic carbocycles. The van der Waals surface area contributed by atoms with Crippen LogP contribution in [0.3, 0.4) is 0 Å². The van der Waals surface area contributed by atoms with Crippen molar-refractivity contribution in [2.24, 2.45) is 5.41 Å². The SMILES string of the molecule is C=CCOC(=O)C1(C)CCOC(C)C1. The van der Waals surface area contributed by atoms with E-state index in [9.17, 15) is 4.79 Å². The molecule has 14 heavy (non-hydrogen) atoms. The molecule has 0 aromatic rings. The minimum absolute atomic E-state index is 0.132. The van der Waals surface area contributed by atoms with E-state index >= 15 is 0 Å². The molecule has 2 atom stereocenters. The first-order valence-electron chi connectivity index (χ1n) is 4.98. The summed E-state index contributed by atoms with van der Waals surface area (Å²) in [7, 11) is 0. The second kappa shape index (κ2) is 4.60. The molecule has 2 unspecified atom stereocenters. The van der Waals surface area contributed by atoms with Crippen LogP contribution >= 0.6 is 0 Å². The zero-order chi connectivity index (χ0) is 10.6. The predicted octanol–water partition coefficient (Wildman–Crippen LogP) is 1.92. The molecule has 0 radical (unpaired) electrons. The minimum atomic E-state index is -0.374. The van der Waals surface area contributed by atoms with Crippen molar-refractivity contribution in [2.45, 2.75) is 32.8 Å². The summed E-state index contributed by atoms with van der Waals surface area (Å²) in [6.07, 6.45) is 3.21. The van der Waals surface area contributed by atoms with Gasteiger partial charge in [0.05, 0.1) is 11.5 Å². The van der Waals surface area contributed by atoms with Crippen LogP contribution in [0.15, 0.2) is 12.7 Å². The molecule has 1 rings (SSSR count). The fourth-order valence-corrected chi connectivity index (χ4v) is 1.78. The second-order valence-corrected chi connectivity index (χ2v) is 4.08. The van der Waals surface area contributed by atoms with Gasteiger partial charge < -0.3 is 9.47 Å². The third kappa shape index (κ3) is 2.58. The Morgan fingerprint density at radius 3 is 3.07 bits per heavy atom. The van der Waals surface area contributed by atoms with Crippen molar-refractivity contribution in [2.75, 3.05) is 13.2 Å². The van der Waals surface area contributed by atoms with Crippen LogP contribution in [-0.2, 0) is 14.3 Å². The van der Waals surface area contributed by atoms with Gasteiger partial charge in [-0.3, -0.25) is 4.79 Å². The van der Waals surface area contributed by atoms with Crippen molar-refractivity contribution in [3.05, 3.63) is 12.7 Å². The van der Waals surface area contributed by atoms with Crippen molar-refractivity contribution < 1.29 is 14.3 Å². The Labute approximate surface area is 85.1 Å². The highest BCUT2D eigenvalue weighted by Crippen LogP contribution is 2.34. The van der Waals surface area contributed by atoms with Gasteiger partial charge in [0.1, 0.15) is 6.61 Å². The highest BCUT2D eigenvalue weighted by atomic mass is 16.5. The third-order valence-corrected chi connectivity index (χ3v) is 2.62. The van der Waals surface area contributed by atoms with Gasteiger partial charge in [-0.05, 0) is 26.7 Å². The Hall–Kier alpha value is -0.830. The molecule has 0 aliphatic carbocycles. The van der Waals surface area contributed by atoms with Crippen molar-refractivity contribution >= 4 is 5.97 Å². The van der Waals surface area contributed by atoms with E-state index in [1.807, 2.05) is 13.8 Å². The minimum Gasteiger partial charge on any atom is -0.461 e. The molecule has 1 aliphatic heterocycles. The standard InChI is InChI=1S/C11H18O3/c1-4-6-14-10(12)11(3)5-7-13-9(2)8-11/h4,9H,1,5-8H2,2-3H3. The maximum absolute atomic E-state index is 11.7. The smallest absolute Gasteiger partial charge is 0.312 e. The summed E-state index contributed by atoms with van der Waals surface area (Å²) >= 11 is 0. The molecule has 0 amide bonds. The van der Waals surface area contributed by atoms with Crippen LogP contribution in [0.1, 0.15) is 26.7 Å². The van der Waals surface area contributed by atoms with Gasteiger partial charge >= 0.3 is 5.97 Å². The molecule has 0 N–H and O–H groups in total. The van der Waals surface area contributed by atoms with Crippen molar-refractivity contribution in [3.8, 4) is 0 Å². The maximum atomic E-state index is 11.7. The van der Waals surface area contributed by atoms with E-state index in [4.69, 9.17) is 9.47 Å². The molecule has 1 saturated heterocycles. The Morgan fingerprint density at radius 2 is 2.50 bits per heavy atom. The van der Waals surface area contributed by atoms with Crippen LogP contribution in [0.25, 0.3) is 0 Å². The van der Waals surface area contributed by atoms with Crippen molar-refractivity contribution in [3.63, 3.8) is 0 Å². The van der Waals surface area contributed by atoms with E-state index in [0.717, 1.165) is 12.8 Å². The topological polar surface area (TPSA) is 35.5 Å². The molecule has 3 heteroatoms. The van der Waals surface area contributed by atoms with Crippen molar-refractivity contribution in [1.29, 1.82) is 0 Å². The van der Waals surface area contributed by atoms with Crippen LogP contribution in [0.5, 0.6) is 0 Å². The lowest BCUT2D eigenvalue weighted by Gasteiger charge is -2.34.